The number of phenolic OH excluding ortho intramolecular Hbond substituents is 1. The van der Waals surface area contributed by atoms with Crippen LogP contribution in [0, 0.1) is 6.92 Å². The van der Waals surface area contributed by atoms with E-state index in [1.165, 1.54) is 18.4 Å². The Bertz CT molecular complexity index is 1110. The Morgan fingerprint density at radius 1 is 1.10 bits per heavy atom. The predicted molar refractivity (Wildman–Crippen MR) is 99.9 cm³/mol. The number of aryl methyl sites for hydroxylation is 1. The van der Waals surface area contributed by atoms with Crippen LogP contribution < -0.4 is 24.8 Å². The van der Waals surface area contributed by atoms with Gasteiger partial charge in [0.15, 0.2) is 0 Å². The van der Waals surface area contributed by atoms with Gasteiger partial charge in [-0.25, -0.2) is 14.5 Å². The largest absolute Gasteiger partial charge is 2.00 e. The van der Waals surface area contributed by atoms with Crippen LogP contribution in [0.25, 0.3) is 26.6 Å². The van der Waals surface area contributed by atoms with Crippen LogP contribution in [0.15, 0.2) is 48.5 Å². The van der Waals surface area contributed by atoms with Gasteiger partial charge in [-0.3, -0.25) is 0 Å². The van der Waals surface area contributed by atoms with Crippen LogP contribution in [-0.4, -0.2) is 33.0 Å². The molecule has 4 rings (SSSR count). The van der Waals surface area contributed by atoms with E-state index in [4.69, 9.17) is 4.74 Å². The Balaban J connectivity index is 0.00000140. The molecule has 0 aliphatic heterocycles. The number of aromatic hydroxyl groups is 1. The fourth-order valence-corrected chi connectivity index (χ4v) is 3.81. The molecule has 0 atom stereocenters. The molecule has 0 saturated carbocycles. The van der Waals surface area contributed by atoms with E-state index < -0.39 is 5.97 Å². The molecule has 2 heterocycles. The Morgan fingerprint density at radius 2 is 1.76 bits per heavy atom. The summed E-state index contributed by atoms with van der Waals surface area (Å²) in [6.07, 6.45) is 0. The third-order valence-corrected chi connectivity index (χ3v) is 5.08. The average Bonchev–Trinajstić information content (AvgIpc) is 3.22. The minimum Gasteiger partial charge on any atom is -1.00 e. The summed E-state index contributed by atoms with van der Waals surface area (Å²) in [6, 6.07) is 14.6. The molecule has 0 radical (unpaired) electrons. The van der Waals surface area contributed by atoms with E-state index in [-0.39, 0.29) is 51.6 Å². The molecule has 10 heteroatoms. The first-order chi connectivity index (χ1) is 12.6. The number of halogens is 2. The first kappa shape index (κ1) is 25.1. The van der Waals surface area contributed by atoms with Gasteiger partial charge in [0.25, 0.3) is 0 Å². The van der Waals surface area contributed by atoms with Gasteiger partial charge < -0.3 is 34.7 Å². The molecule has 0 fully saturated rings. The van der Waals surface area contributed by atoms with Crippen molar-refractivity contribution in [3.8, 4) is 22.1 Å². The zero-order valence-electron chi connectivity index (χ0n) is 15.2. The van der Waals surface area contributed by atoms with E-state index >= 15 is 0 Å². The van der Waals surface area contributed by atoms with E-state index in [2.05, 4.69) is 10.1 Å². The second kappa shape index (κ2) is 10.2. The quantitative estimate of drug-likeness (QED) is 0.264. The number of rotatable bonds is 3. The summed E-state index contributed by atoms with van der Waals surface area (Å²) < 4.78 is 7.55. The van der Waals surface area contributed by atoms with Crippen molar-refractivity contribution < 1.29 is 60.5 Å². The van der Waals surface area contributed by atoms with Crippen molar-refractivity contribution in [2.75, 3.05) is 7.11 Å². The van der Waals surface area contributed by atoms with Crippen LogP contribution >= 0.6 is 11.3 Å². The molecule has 0 bridgehead atoms. The van der Waals surface area contributed by atoms with Gasteiger partial charge >= 0.3 is 27.0 Å². The summed E-state index contributed by atoms with van der Waals surface area (Å²) >= 11 is 1.46. The van der Waals surface area contributed by atoms with Crippen molar-refractivity contribution in [1.82, 2.24) is 14.8 Å². The first-order valence-corrected chi connectivity index (χ1v) is 8.74. The Hall–Kier alpha value is -1.92. The molecule has 154 valence electrons. The fraction of sp³-hybridized carbons (Fsp3) is 0.105. The molecule has 0 aliphatic carbocycles. The molecule has 2 aromatic heterocycles. The van der Waals surface area contributed by atoms with Crippen LogP contribution in [0.5, 0.6) is 5.75 Å². The Labute approximate surface area is 198 Å². The normalized spacial score (nSPS) is 9.86. The van der Waals surface area contributed by atoms with Crippen LogP contribution in [0.1, 0.15) is 16.1 Å². The van der Waals surface area contributed by atoms with E-state index in [9.17, 15) is 9.90 Å². The SMILES string of the molecule is COC(=O)c1c(C)nn(-c2nc3ccccc3s2)c1-c1ccccc1O.[Cl-].[Cl-].[Pt+2]. The Kier molecular flexibility index (Phi) is 8.84. The number of hydrogen-bond acceptors (Lipinski definition) is 6. The van der Waals surface area contributed by atoms with Crippen molar-refractivity contribution in [2.24, 2.45) is 0 Å². The maximum absolute atomic E-state index is 12.4. The molecule has 6 nitrogen and oxygen atoms in total. The van der Waals surface area contributed by atoms with Crippen LogP contribution in [0.3, 0.4) is 0 Å². The summed E-state index contributed by atoms with van der Waals surface area (Å²) in [5.74, 6) is -0.451. The van der Waals surface area contributed by atoms with E-state index in [0.29, 0.717) is 27.6 Å². The number of nitrogens with zero attached hydrogens (tertiary/aromatic N) is 3. The number of para-hydroxylation sites is 2. The molecule has 0 aliphatic rings. The van der Waals surface area contributed by atoms with E-state index in [1.807, 2.05) is 24.3 Å². The topological polar surface area (TPSA) is 77.2 Å². The van der Waals surface area contributed by atoms with Crippen molar-refractivity contribution in [1.29, 1.82) is 0 Å². The first-order valence-electron chi connectivity index (χ1n) is 7.92. The standard InChI is InChI=1S/C19H15N3O3S.2ClH.Pt/c1-11-16(18(24)25-2)17(12-7-3-5-9-14(12)23)22(21-11)19-20-13-8-4-6-10-15(13)26-19;;;/h3-10,23H,1-2H3;2*1H;/q;;;+2/p-2. The molecule has 0 saturated heterocycles. The number of esters is 1. The molecule has 2 aromatic carbocycles. The van der Waals surface area contributed by atoms with E-state index in [1.54, 1.807) is 35.9 Å². The number of methoxy groups -OCH3 is 1. The van der Waals surface area contributed by atoms with Crippen LogP contribution in [-0.2, 0) is 25.8 Å². The average molecular weight is 631 g/mol. The summed E-state index contributed by atoms with van der Waals surface area (Å²) in [4.78, 5) is 17.0. The summed E-state index contributed by atoms with van der Waals surface area (Å²) in [5.41, 5.74) is 2.63. The number of aromatic nitrogens is 3. The third kappa shape index (κ3) is 4.48. The van der Waals surface area contributed by atoms with Gasteiger partial charge in [-0.15, -0.1) is 0 Å². The van der Waals surface area contributed by atoms with Crippen molar-refractivity contribution in [3.05, 3.63) is 59.8 Å². The fourth-order valence-electron chi connectivity index (χ4n) is 2.89. The van der Waals surface area contributed by atoms with Gasteiger partial charge in [0.1, 0.15) is 11.3 Å². The minimum absolute atomic E-state index is 0. The van der Waals surface area contributed by atoms with Gasteiger partial charge in [-0.05, 0) is 31.2 Å². The van der Waals surface area contributed by atoms with Gasteiger partial charge in [-0.2, -0.15) is 5.10 Å². The third-order valence-electron chi connectivity index (χ3n) is 4.07. The number of phenols is 1. The number of carbonyl (C=O) groups is 1. The smallest absolute Gasteiger partial charge is 1.00 e. The predicted octanol–water partition coefficient (Wildman–Crippen LogP) is -2.04. The van der Waals surface area contributed by atoms with Crippen LogP contribution in [0.4, 0.5) is 0 Å². The summed E-state index contributed by atoms with van der Waals surface area (Å²) in [6.45, 7) is 1.74. The van der Waals surface area contributed by atoms with Gasteiger partial charge in [-0.1, -0.05) is 35.6 Å². The molecular formula is C19H15Cl2N3O3PtS. The maximum atomic E-state index is 12.4. The van der Waals surface area contributed by atoms with E-state index in [0.717, 1.165) is 10.2 Å². The molecule has 0 spiro atoms. The molecule has 1 N–H and O–H groups in total. The second-order valence-electron chi connectivity index (χ2n) is 5.69. The van der Waals surface area contributed by atoms with Crippen molar-refractivity contribution >= 4 is 27.5 Å². The van der Waals surface area contributed by atoms with Crippen molar-refractivity contribution in [2.45, 2.75) is 6.92 Å². The maximum Gasteiger partial charge on any atom is 2.00 e. The molecule has 0 amide bonds. The van der Waals surface area contributed by atoms with Gasteiger partial charge in [0, 0.05) is 5.56 Å². The summed E-state index contributed by atoms with van der Waals surface area (Å²) in [5, 5.41) is 15.5. The van der Waals surface area contributed by atoms with Gasteiger partial charge in [0.05, 0.1) is 28.7 Å². The molecule has 0 unspecified atom stereocenters. The zero-order chi connectivity index (χ0) is 18.3. The number of hydrogen-bond donors (Lipinski definition) is 1. The number of fused-ring (bicyclic) bond motifs is 1. The minimum atomic E-state index is -0.506. The van der Waals surface area contributed by atoms with Crippen LogP contribution in [0.2, 0.25) is 0 Å². The number of ether oxygens (including phenoxy) is 1. The molecule has 29 heavy (non-hydrogen) atoms. The number of carbonyl (C=O) groups excluding carboxylic acids is 1. The molecular weight excluding hydrogens is 616 g/mol. The second-order valence-corrected chi connectivity index (χ2v) is 6.70. The Morgan fingerprint density at radius 3 is 2.41 bits per heavy atom. The monoisotopic (exact) mass is 630 g/mol. The van der Waals surface area contributed by atoms with Crippen molar-refractivity contribution in [3.63, 3.8) is 0 Å². The van der Waals surface area contributed by atoms with Gasteiger partial charge in [0.2, 0.25) is 5.13 Å². The zero-order valence-corrected chi connectivity index (χ0v) is 19.8. The molecule has 4 aromatic rings. The summed E-state index contributed by atoms with van der Waals surface area (Å²) in [7, 11) is 1.32. The number of benzene rings is 2. The number of thiazole rings is 1.